The molecule has 0 saturated heterocycles. The number of allylic oxidation sites excluding steroid dienone is 1. The summed E-state index contributed by atoms with van der Waals surface area (Å²) in [6.45, 7) is 3.84. The van der Waals surface area contributed by atoms with Crippen molar-refractivity contribution in [1.82, 2.24) is 5.01 Å². The van der Waals surface area contributed by atoms with Crippen molar-refractivity contribution >= 4 is 24.0 Å². The highest BCUT2D eigenvalue weighted by atomic mass is 35.5. The van der Waals surface area contributed by atoms with Crippen LogP contribution in [0.25, 0.3) is 0 Å². The van der Waals surface area contributed by atoms with E-state index in [4.69, 9.17) is 0 Å². The first-order valence-corrected chi connectivity index (χ1v) is 5.49. The van der Waals surface area contributed by atoms with E-state index in [1.165, 1.54) is 5.56 Å². The zero-order valence-electron chi connectivity index (χ0n) is 9.63. The maximum absolute atomic E-state index is 4.58. The van der Waals surface area contributed by atoms with E-state index in [1.807, 2.05) is 17.2 Å². The number of hydrogen-bond acceptors (Lipinski definition) is 3. The summed E-state index contributed by atoms with van der Waals surface area (Å²) < 4.78 is 0. The van der Waals surface area contributed by atoms with Crippen LogP contribution in [0, 0.1) is 6.92 Å². The maximum atomic E-state index is 4.58. The summed E-state index contributed by atoms with van der Waals surface area (Å²) in [7, 11) is 0. The Morgan fingerprint density at radius 2 is 1.88 bits per heavy atom. The molecule has 0 bridgehead atoms. The minimum atomic E-state index is 0. The summed E-state index contributed by atoms with van der Waals surface area (Å²) >= 11 is 0. The molecule has 3 nitrogen and oxygen atoms in total. The lowest BCUT2D eigenvalue weighted by molar-refractivity contribution is 0.490. The van der Waals surface area contributed by atoms with Gasteiger partial charge >= 0.3 is 0 Å². The van der Waals surface area contributed by atoms with Crippen LogP contribution >= 0.6 is 12.4 Å². The number of benzene rings is 1. The zero-order valence-corrected chi connectivity index (χ0v) is 10.4. The van der Waals surface area contributed by atoms with Crippen molar-refractivity contribution in [2.75, 3.05) is 13.1 Å². The number of rotatable bonds is 1. The van der Waals surface area contributed by atoms with Crippen LogP contribution in [0.4, 0.5) is 0 Å². The molecule has 0 spiro atoms. The molecule has 1 aromatic carbocycles. The molecule has 0 N–H and O–H groups in total. The second kappa shape index (κ2) is 4.72. The van der Waals surface area contributed by atoms with Crippen LogP contribution in [0.2, 0.25) is 0 Å². The first kappa shape index (κ1) is 11.9. The number of nitrogens with zero attached hydrogens (tertiary/aromatic N) is 3. The van der Waals surface area contributed by atoms with E-state index in [2.05, 4.69) is 41.3 Å². The Kier molecular flexibility index (Phi) is 3.29. The van der Waals surface area contributed by atoms with Crippen molar-refractivity contribution in [3.8, 4) is 0 Å². The summed E-state index contributed by atoms with van der Waals surface area (Å²) in [4.78, 5) is 4.35. The maximum Gasteiger partial charge on any atom is 0.144 e. The van der Waals surface area contributed by atoms with Crippen LogP contribution in [0.15, 0.2) is 46.5 Å². The van der Waals surface area contributed by atoms with Gasteiger partial charge in [0.2, 0.25) is 0 Å². The Hall–Kier alpha value is -1.61. The van der Waals surface area contributed by atoms with E-state index in [0.717, 1.165) is 30.2 Å². The van der Waals surface area contributed by atoms with Crippen LogP contribution < -0.4 is 0 Å². The fourth-order valence-electron chi connectivity index (χ4n) is 1.89. The third-order valence-corrected chi connectivity index (χ3v) is 2.82. The largest absolute Gasteiger partial charge is 0.265 e. The lowest BCUT2D eigenvalue weighted by atomic mass is 10.1. The van der Waals surface area contributed by atoms with E-state index >= 15 is 0 Å². The molecule has 1 aromatic rings. The molecule has 2 aliphatic rings. The van der Waals surface area contributed by atoms with Gasteiger partial charge in [0.1, 0.15) is 5.84 Å². The molecule has 0 unspecified atom stereocenters. The fraction of sp³-hybridized carbons (Fsp3) is 0.231. The predicted octanol–water partition coefficient (Wildman–Crippen LogP) is 2.40. The van der Waals surface area contributed by atoms with E-state index in [-0.39, 0.29) is 12.4 Å². The van der Waals surface area contributed by atoms with E-state index in [9.17, 15) is 0 Å². The van der Waals surface area contributed by atoms with Gasteiger partial charge in [0.25, 0.3) is 0 Å². The molecule has 0 fully saturated rings. The fourth-order valence-corrected chi connectivity index (χ4v) is 1.89. The zero-order chi connectivity index (χ0) is 11.0. The lowest BCUT2D eigenvalue weighted by Gasteiger charge is -2.17. The van der Waals surface area contributed by atoms with Gasteiger partial charge in [0.15, 0.2) is 0 Å². The minimum Gasteiger partial charge on any atom is -0.265 e. The summed E-state index contributed by atoms with van der Waals surface area (Å²) in [6, 6.07) is 8.44. The Bertz CT molecular complexity index is 500. The first-order valence-electron chi connectivity index (χ1n) is 5.49. The van der Waals surface area contributed by atoms with Crippen LogP contribution in [-0.2, 0) is 0 Å². The molecular weight excluding hydrogens is 234 g/mol. The average Bonchev–Trinajstić information content (AvgIpc) is 2.77. The molecule has 88 valence electrons. The lowest BCUT2D eigenvalue weighted by Crippen LogP contribution is -2.25. The van der Waals surface area contributed by atoms with Gasteiger partial charge in [0, 0.05) is 5.56 Å². The van der Waals surface area contributed by atoms with E-state index < -0.39 is 0 Å². The molecule has 0 amide bonds. The summed E-state index contributed by atoms with van der Waals surface area (Å²) in [6.07, 6.45) is 4.07. The van der Waals surface area contributed by atoms with Crippen LogP contribution in [-0.4, -0.2) is 29.6 Å². The number of amidine groups is 1. The SMILES string of the molecule is Cc1ccc(C2=NN3CCN=C3C=C2)cc1.Cl. The van der Waals surface area contributed by atoms with Crippen molar-refractivity contribution in [3.63, 3.8) is 0 Å². The standard InChI is InChI=1S/C13H13N3.ClH/c1-10-2-4-11(5-3-10)12-6-7-13-14-8-9-16(13)15-12;/h2-7H,8-9H2,1H3;1H. The van der Waals surface area contributed by atoms with Gasteiger partial charge in [0.05, 0.1) is 18.8 Å². The molecule has 0 aliphatic carbocycles. The number of hydrazone groups is 1. The minimum absolute atomic E-state index is 0. The Morgan fingerprint density at radius 1 is 1.12 bits per heavy atom. The molecule has 3 rings (SSSR count). The predicted molar refractivity (Wildman–Crippen MR) is 73.1 cm³/mol. The second-order valence-corrected chi connectivity index (χ2v) is 4.05. The number of hydrogen-bond donors (Lipinski definition) is 0. The van der Waals surface area contributed by atoms with Gasteiger partial charge in [-0.05, 0) is 19.1 Å². The average molecular weight is 248 g/mol. The van der Waals surface area contributed by atoms with Gasteiger partial charge in [-0.2, -0.15) is 5.10 Å². The van der Waals surface area contributed by atoms with Gasteiger partial charge in [-0.25, -0.2) is 5.01 Å². The number of aryl methyl sites for hydroxylation is 1. The molecular formula is C13H14ClN3. The number of halogens is 1. The molecule has 17 heavy (non-hydrogen) atoms. The van der Waals surface area contributed by atoms with Gasteiger partial charge in [-0.15, -0.1) is 12.4 Å². The smallest absolute Gasteiger partial charge is 0.144 e. The van der Waals surface area contributed by atoms with Crippen molar-refractivity contribution in [3.05, 3.63) is 47.5 Å². The Morgan fingerprint density at radius 3 is 2.65 bits per heavy atom. The van der Waals surface area contributed by atoms with Gasteiger partial charge in [-0.1, -0.05) is 29.8 Å². The Balaban J connectivity index is 0.00000108. The summed E-state index contributed by atoms with van der Waals surface area (Å²) in [5, 5.41) is 6.54. The van der Waals surface area contributed by atoms with Crippen LogP contribution in [0.5, 0.6) is 0 Å². The normalized spacial score (nSPS) is 17.1. The molecule has 0 aromatic heterocycles. The third-order valence-electron chi connectivity index (χ3n) is 2.82. The first-order chi connectivity index (χ1) is 7.83. The summed E-state index contributed by atoms with van der Waals surface area (Å²) in [5.41, 5.74) is 3.45. The topological polar surface area (TPSA) is 28.0 Å². The Labute approximate surface area is 107 Å². The highest BCUT2D eigenvalue weighted by Crippen LogP contribution is 2.14. The molecule has 2 aliphatic heterocycles. The third kappa shape index (κ3) is 2.24. The van der Waals surface area contributed by atoms with Crippen molar-refractivity contribution in [2.45, 2.75) is 6.92 Å². The summed E-state index contributed by atoms with van der Waals surface area (Å²) in [5.74, 6) is 0.982. The number of fused-ring (bicyclic) bond motifs is 1. The number of aliphatic imine (C=N–C) groups is 1. The van der Waals surface area contributed by atoms with E-state index in [0.29, 0.717) is 0 Å². The van der Waals surface area contributed by atoms with Gasteiger partial charge in [-0.3, -0.25) is 4.99 Å². The van der Waals surface area contributed by atoms with Crippen LogP contribution in [0.1, 0.15) is 11.1 Å². The van der Waals surface area contributed by atoms with Crippen LogP contribution in [0.3, 0.4) is 0 Å². The highest BCUT2D eigenvalue weighted by Gasteiger charge is 2.18. The molecule has 2 heterocycles. The molecule has 0 atom stereocenters. The quantitative estimate of drug-likeness (QED) is 0.749. The monoisotopic (exact) mass is 247 g/mol. The van der Waals surface area contributed by atoms with Crippen molar-refractivity contribution in [1.29, 1.82) is 0 Å². The molecule has 4 heteroatoms. The van der Waals surface area contributed by atoms with Crippen molar-refractivity contribution in [2.24, 2.45) is 10.1 Å². The van der Waals surface area contributed by atoms with Gasteiger partial charge < -0.3 is 0 Å². The molecule has 0 saturated carbocycles. The molecule has 0 radical (unpaired) electrons. The van der Waals surface area contributed by atoms with E-state index in [1.54, 1.807) is 0 Å². The second-order valence-electron chi connectivity index (χ2n) is 4.05. The van der Waals surface area contributed by atoms with Crippen molar-refractivity contribution < 1.29 is 0 Å². The highest BCUT2D eigenvalue weighted by molar-refractivity contribution is 6.14.